The van der Waals surface area contributed by atoms with Crippen LogP contribution in [0.5, 0.6) is 0 Å². The third-order valence-corrected chi connectivity index (χ3v) is 7.35. The number of aryl methyl sites for hydroxylation is 2. The zero-order chi connectivity index (χ0) is 18.4. The molecule has 0 amide bonds. The maximum atomic E-state index is 10.8. The molecule has 146 valence electrons. The van der Waals surface area contributed by atoms with Gasteiger partial charge in [-0.25, -0.2) is 0 Å². The Morgan fingerprint density at radius 1 is 1.11 bits per heavy atom. The van der Waals surface area contributed by atoms with Crippen LogP contribution >= 0.6 is 0 Å². The molecule has 5 rings (SSSR count). The van der Waals surface area contributed by atoms with Crippen LogP contribution in [0, 0.1) is 6.92 Å². The Morgan fingerprint density at radius 3 is 2.81 bits per heavy atom. The monoisotopic (exact) mass is 369 g/mol. The van der Waals surface area contributed by atoms with Crippen LogP contribution < -0.4 is 9.80 Å². The van der Waals surface area contributed by atoms with Gasteiger partial charge in [0.25, 0.3) is 0 Å². The Balaban J connectivity index is 1.38. The summed E-state index contributed by atoms with van der Waals surface area (Å²) in [6.07, 6.45) is 7.70. The number of quaternary nitrogens is 2. The predicted octanol–water partition coefficient (Wildman–Crippen LogP) is 0.655. The molecule has 1 aromatic carbocycles. The summed E-state index contributed by atoms with van der Waals surface area (Å²) in [6.45, 7) is 8.85. The van der Waals surface area contributed by atoms with Crippen molar-refractivity contribution in [2.24, 2.45) is 0 Å². The second-order valence-electron chi connectivity index (χ2n) is 9.26. The summed E-state index contributed by atoms with van der Waals surface area (Å²) in [6, 6.07) is 7.57. The number of nitrogens with one attached hydrogen (secondary N) is 2. The molecule has 3 N–H and O–H groups in total. The van der Waals surface area contributed by atoms with Gasteiger partial charge in [-0.2, -0.15) is 0 Å². The van der Waals surface area contributed by atoms with E-state index in [1.807, 2.05) is 0 Å². The number of piperidine rings is 1. The lowest BCUT2D eigenvalue weighted by Crippen LogP contribution is -3.18. The van der Waals surface area contributed by atoms with Gasteiger partial charge in [0.15, 0.2) is 6.10 Å². The molecule has 1 aliphatic carbocycles. The van der Waals surface area contributed by atoms with Crippen LogP contribution in [0.4, 0.5) is 0 Å². The van der Waals surface area contributed by atoms with E-state index in [1.54, 1.807) is 21.1 Å². The van der Waals surface area contributed by atoms with E-state index in [0.717, 1.165) is 26.2 Å². The molecule has 3 aliphatic rings. The Morgan fingerprint density at radius 2 is 1.96 bits per heavy atom. The van der Waals surface area contributed by atoms with E-state index in [-0.39, 0.29) is 6.10 Å². The number of aromatic nitrogens is 1. The van der Waals surface area contributed by atoms with Crippen molar-refractivity contribution >= 4 is 10.9 Å². The second kappa shape index (κ2) is 7.23. The molecule has 3 heterocycles. The number of benzene rings is 1. The van der Waals surface area contributed by atoms with Crippen LogP contribution in [-0.2, 0) is 13.0 Å². The van der Waals surface area contributed by atoms with Crippen LogP contribution in [0.3, 0.4) is 0 Å². The van der Waals surface area contributed by atoms with E-state index in [1.165, 1.54) is 68.1 Å². The average Bonchev–Trinajstić information content (AvgIpc) is 2.99. The first-order chi connectivity index (χ1) is 13.2. The molecule has 1 saturated heterocycles. The summed E-state index contributed by atoms with van der Waals surface area (Å²) in [7, 11) is 0. The molecule has 27 heavy (non-hydrogen) atoms. The topological polar surface area (TPSA) is 34.0 Å². The van der Waals surface area contributed by atoms with E-state index in [0.29, 0.717) is 6.04 Å². The van der Waals surface area contributed by atoms with Crippen molar-refractivity contribution in [2.45, 2.75) is 64.1 Å². The van der Waals surface area contributed by atoms with Crippen LogP contribution in [0.15, 0.2) is 18.2 Å². The number of nitrogens with zero attached hydrogens (tertiary/aromatic N) is 1. The SMILES string of the molecule is Cc1ccc2c(c1)c1c3n2CC[NH+](C[C@H](O)C[NH+]2CCCCC2)[C@H]3CCC1. The number of rotatable bonds is 4. The minimum atomic E-state index is -0.156. The maximum absolute atomic E-state index is 10.8. The number of likely N-dealkylation sites (tertiary alicyclic amines) is 1. The molecule has 0 spiro atoms. The van der Waals surface area contributed by atoms with Gasteiger partial charge in [0.05, 0.1) is 31.9 Å². The van der Waals surface area contributed by atoms with Crippen LogP contribution in [0.25, 0.3) is 10.9 Å². The molecule has 4 heteroatoms. The van der Waals surface area contributed by atoms with Gasteiger partial charge in [-0.1, -0.05) is 11.6 Å². The first-order valence-corrected chi connectivity index (χ1v) is 11.2. The highest BCUT2D eigenvalue weighted by Crippen LogP contribution is 2.37. The largest absolute Gasteiger partial charge is 0.382 e. The van der Waals surface area contributed by atoms with Crippen LogP contribution in [-0.4, -0.2) is 48.5 Å². The predicted molar refractivity (Wildman–Crippen MR) is 108 cm³/mol. The molecular weight excluding hydrogens is 334 g/mol. The molecule has 3 atom stereocenters. The van der Waals surface area contributed by atoms with Crippen molar-refractivity contribution < 1.29 is 14.9 Å². The molecule has 1 aromatic heterocycles. The van der Waals surface area contributed by atoms with Crippen LogP contribution in [0.2, 0.25) is 0 Å². The molecule has 1 fully saturated rings. The van der Waals surface area contributed by atoms with E-state index < -0.39 is 0 Å². The Labute approximate surface area is 162 Å². The number of hydrogen-bond acceptors (Lipinski definition) is 1. The van der Waals surface area contributed by atoms with E-state index >= 15 is 0 Å². The van der Waals surface area contributed by atoms with E-state index in [9.17, 15) is 5.11 Å². The Hall–Kier alpha value is -1.36. The molecule has 0 saturated carbocycles. The van der Waals surface area contributed by atoms with Gasteiger partial charge in [-0.15, -0.1) is 0 Å². The first kappa shape index (κ1) is 17.7. The van der Waals surface area contributed by atoms with Gasteiger partial charge in [-0.05, 0) is 56.7 Å². The zero-order valence-corrected chi connectivity index (χ0v) is 16.8. The molecule has 0 radical (unpaired) electrons. The fourth-order valence-corrected chi connectivity index (χ4v) is 6.11. The van der Waals surface area contributed by atoms with Crippen molar-refractivity contribution in [3.63, 3.8) is 0 Å². The smallest absolute Gasteiger partial charge is 0.152 e. The van der Waals surface area contributed by atoms with Crippen molar-refractivity contribution in [2.75, 3.05) is 32.7 Å². The van der Waals surface area contributed by atoms with E-state index in [4.69, 9.17) is 0 Å². The third kappa shape index (κ3) is 3.22. The number of hydrogen-bond donors (Lipinski definition) is 3. The summed E-state index contributed by atoms with van der Waals surface area (Å²) in [4.78, 5) is 3.26. The van der Waals surface area contributed by atoms with Gasteiger partial charge in [0, 0.05) is 17.3 Å². The maximum Gasteiger partial charge on any atom is 0.152 e. The standard InChI is InChI=1S/C23H33N3O/c1-17-8-9-21-20(14-17)19-6-5-7-22-23(19)26(21)13-12-25(22)16-18(27)15-24-10-3-2-4-11-24/h8-9,14,18,22,27H,2-7,10-13,15-16H2,1H3/p+2/t18-,22+/m1/s1. The van der Waals surface area contributed by atoms with Crippen LogP contribution in [0.1, 0.15) is 55.0 Å². The molecular formula is C23H35N3O+2. The zero-order valence-electron chi connectivity index (χ0n) is 16.8. The lowest BCUT2D eigenvalue weighted by atomic mass is 9.89. The number of aliphatic hydroxyl groups excluding tert-OH is 1. The van der Waals surface area contributed by atoms with Gasteiger partial charge in [0.1, 0.15) is 19.1 Å². The summed E-state index contributed by atoms with van der Waals surface area (Å²) < 4.78 is 2.61. The van der Waals surface area contributed by atoms with Gasteiger partial charge < -0.3 is 19.5 Å². The summed E-state index contributed by atoms with van der Waals surface area (Å²) >= 11 is 0. The Bertz CT molecular complexity index is 821. The van der Waals surface area contributed by atoms with Gasteiger partial charge in [0.2, 0.25) is 0 Å². The highest BCUT2D eigenvalue weighted by molar-refractivity contribution is 5.86. The normalized spacial score (nSPS) is 26.9. The quantitative estimate of drug-likeness (QED) is 0.727. The first-order valence-electron chi connectivity index (χ1n) is 11.2. The van der Waals surface area contributed by atoms with Gasteiger partial charge >= 0.3 is 0 Å². The highest BCUT2D eigenvalue weighted by Gasteiger charge is 2.38. The summed E-state index contributed by atoms with van der Waals surface area (Å²) in [5.41, 5.74) is 6.02. The van der Waals surface area contributed by atoms with Crippen molar-refractivity contribution in [1.29, 1.82) is 0 Å². The summed E-state index contributed by atoms with van der Waals surface area (Å²) in [5, 5.41) is 12.3. The highest BCUT2D eigenvalue weighted by atomic mass is 16.3. The van der Waals surface area contributed by atoms with Crippen molar-refractivity contribution in [1.82, 2.24) is 4.57 Å². The lowest BCUT2D eigenvalue weighted by molar-refractivity contribution is -0.950. The third-order valence-electron chi connectivity index (χ3n) is 7.35. The number of aliphatic hydroxyl groups is 1. The molecule has 4 nitrogen and oxygen atoms in total. The van der Waals surface area contributed by atoms with Gasteiger partial charge in [-0.3, -0.25) is 0 Å². The fourth-order valence-electron chi connectivity index (χ4n) is 6.11. The minimum absolute atomic E-state index is 0.156. The average molecular weight is 370 g/mol. The minimum Gasteiger partial charge on any atom is -0.382 e. The molecule has 2 aromatic rings. The lowest BCUT2D eigenvalue weighted by Gasteiger charge is -2.38. The molecule has 2 aliphatic heterocycles. The molecule has 0 bridgehead atoms. The fraction of sp³-hybridized carbons (Fsp3) is 0.652. The van der Waals surface area contributed by atoms with Crippen molar-refractivity contribution in [3.8, 4) is 0 Å². The summed E-state index contributed by atoms with van der Waals surface area (Å²) in [5.74, 6) is 0. The second-order valence-corrected chi connectivity index (χ2v) is 9.26. The number of fused-ring (bicyclic) bond motifs is 3. The Kier molecular flexibility index (Phi) is 4.75. The van der Waals surface area contributed by atoms with Crippen molar-refractivity contribution in [3.05, 3.63) is 35.0 Å². The van der Waals surface area contributed by atoms with E-state index in [2.05, 4.69) is 29.7 Å². The molecule has 1 unspecified atom stereocenters.